The van der Waals surface area contributed by atoms with Gasteiger partial charge in [-0.3, -0.25) is 4.21 Å². The molecule has 0 radical (unpaired) electrons. The smallest absolute Gasteiger partial charge is 0.126 e. The Morgan fingerprint density at radius 2 is 2.06 bits per heavy atom. The van der Waals surface area contributed by atoms with Crippen LogP contribution in [0.4, 0.5) is 10.1 Å². The van der Waals surface area contributed by atoms with E-state index in [1.165, 1.54) is 18.2 Å². The molecule has 1 aromatic rings. The van der Waals surface area contributed by atoms with E-state index in [0.29, 0.717) is 36.9 Å². The Balaban J connectivity index is 2.32. The van der Waals surface area contributed by atoms with Crippen LogP contribution in [0.25, 0.3) is 0 Å². The first-order valence-electron chi connectivity index (χ1n) is 5.64. The molecule has 0 aromatic heterocycles. The highest BCUT2D eigenvalue weighted by Gasteiger charge is 2.06. The lowest BCUT2D eigenvalue weighted by Gasteiger charge is -2.05. The summed E-state index contributed by atoms with van der Waals surface area (Å²) < 4.78 is 35.0. The second-order valence-corrected chi connectivity index (χ2v) is 5.30. The van der Waals surface area contributed by atoms with Crippen molar-refractivity contribution in [3.05, 3.63) is 24.0 Å². The van der Waals surface area contributed by atoms with Gasteiger partial charge in [0.2, 0.25) is 0 Å². The Hall–Kier alpha value is -0.980. The lowest BCUT2D eigenvalue weighted by atomic mass is 10.3. The average Bonchev–Trinajstić information content (AvgIpc) is 2.32. The number of halogens is 1. The SMILES string of the molecule is COCCOCCCS(=O)c1cc(N)cc(F)c1. The van der Waals surface area contributed by atoms with Gasteiger partial charge in [0.25, 0.3) is 0 Å². The molecule has 1 unspecified atom stereocenters. The van der Waals surface area contributed by atoms with E-state index in [1.54, 1.807) is 7.11 Å². The largest absolute Gasteiger partial charge is 0.399 e. The fourth-order valence-electron chi connectivity index (χ4n) is 1.37. The van der Waals surface area contributed by atoms with Crippen molar-refractivity contribution in [3.63, 3.8) is 0 Å². The summed E-state index contributed by atoms with van der Waals surface area (Å²) in [6, 6.07) is 3.98. The highest BCUT2D eigenvalue weighted by atomic mass is 32.2. The molecule has 0 aliphatic rings. The zero-order valence-electron chi connectivity index (χ0n) is 10.4. The van der Waals surface area contributed by atoms with Crippen LogP contribution in [0.3, 0.4) is 0 Å². The number of ether oxygens (including phenoxy) is 2. The molecule has 0 saturated heterocycles. The number of hydrogen-bond acceptors (Lipinski definition) is 4. The first kappa shape index (κ1) is 15.1. The quantitative estimate of drug-likeness (QED) is 0.578. The molecule has 0 fully saturated rings. The molecular formula is C12H18FNO3S. The lowest BCUT2D eigenvalue weighted by Crippen LogP contribution is -2.07. The molecule has 6 heteroatoms. The van der Waals surface area contributed by atoms with Gasteiger partial charge in [0.1, 0.15) is 5.82 Å². The summed E-state index contributed by atoms with van der Waals surface area (Å²) >= 11 is 0. The van der Waals surface area contributed by atoms with Gasteiger partial charge in [-0.2, -0.15) is 0 Å². The second-order valence-electron chi connectivity index (χ2n) is 3.73. The molecule has 0 saturated carbocycles. The van der Waals surface area contributed by atoms with E-state index in [0.717, 1.165) is 0 Å². The maximum absolute atomic E-state index is 13.1. The van der Waals surface area contributed by atoms with Gasteiger partial charge in [-0.1, -0.05) is 0 Å². The summed E-state index contributed by atoms with van der Waals surface area (Å²) in [5.74, 6) is -0.0368. The van der Waals surface area contributed by atoms with E-state index >= 15 is 0 Å². The number of anilines is 1. The lowest BCUT2D eigenvalue weighted by molar-refractivity contribution is 0.0713. The van der Waals surface area contributed by atoms with Crippen molar-refractivity contribution < 1.29 is 18.1 Å². The van der Waals surface area contributed by atoms with Crippen molar-refractivity contribution in [1.29, 1.82) is 0 Å². The Morgan fingerprint density at radius 1 is 1.28 bits per heavy atom. The fourth-order valence-corrected chi connectivity index (χ4v) is 2.50. The Labute approximate surface area is 109 Å². The van der Waals surface area contributed by atoms with E-state index in [9.17, 15) is 8.60 Å². The molecule has 1 rings (SSSR count). The number of benzene rings is 1. The minimum absolute atomic E-state index is 0.287. The van der Waals surface area contributed by atoms with Crippen LogP contribution in [-0.4, -0.2) is 36.9 Å². The van der Waals surface area contributed by atoms with Crippen LogP contribution >= 0.6 is 0 Å². The second kappa shape index (κ2) is 8.18. The maximum Gasteiger partial charge on any atom is 0.126 e. The topological polar surface area (TPSA) is 61.5 Å². The van der Waals surface area contributed by atoms with Gasteiger partial charge in [-0.05, 0) is 24.6 Å². The Morgan fingerprint density at radius 3 is 2.72 bits per heavy atom. The molecule has 0 spiro atoms. The molecule has 0 amide bonds. The van der Waals surface area contributed by atoms with Gasteiger partial charge < -0.3 is 15.2 Å². The molecule has 18 heavy (non-hydrogen) atoms. The summed E-state index contributed by atoms with van der Waals surface area (Å²) in [4.78, 5) is 0.421. The zero-order chi connectivity index (χ0) is 13.4. The Bertz CT molecular complexity index is 381. The van der Waals surface area contributed by atoms with E-state index in [1.807, 2.05) is 0 Å². The van der Waals surface area contributed by atoms with Crippen molar-refractivity contribution in [2.24, 2.45) is 0 Å². The molecule has 4 nitrogen and oxygen atoms in total. The van der Waals surface area contributed by atoms with Crippen LogP contribution in [0.2, 0.25) is 0 Å². The molecule has 0 bridgehead atoms. The summed E-state index contributed by atoms with van der Waals surface area (Å²) in [6.45, 7) is 1.58. The van der Waals surface area contributed by atoms with E-state index < -0.39 is 16.6 Å². The van der Waals surface area contributed by atoms with Crippen molar-refractivity contribution in [3.8, 4) is 0 Å². The van der Waals surface area contributed by atoms with E-state index in [2.05, 4.69) is 0 Å². The van der Waals surface area contributed by atoms with E-state index in [4.69, 9.17) is 15.2 Å². The summed E-state index contributed by atoms with van der Waals surface area (Å²) in [6.07, 6.45) is 0.646. The third kappa shape index (κ3) is 5.57. The predicted octanol–water partition coefficient (Wildman–Crippen LogP) is 1.57. The van der Waals surface area contributed by atoms with Gasteiger partial charge in [-0.25, -0.2) is 4.39 Å². The maximum atomic E-state index is 13.1. The molecule has 102 valence electrons. The third-order valence-electron chi connectivity index (χ3n) is 2.21. The van der Waals surface area contributed by atoms with Crippen LogP contribution < -0.4 is 5.73 Å². The van der Waals surface area contributed by atoms with Crippen molar-refractivity contribution in [2.75, 3.05) is 38.4 Å². The molecule has 1 atom stereocenters. The minimum atomic E-state index is -1.24. The van der Waals surface area contributed by atoms with Crippen LogP contribution in [0.1, 0.15) is 6.42 Å². The van der Waals surface area contributed by atoms with Crippen LogP contribution in [0.5, 0.6) is 0 Å². The molecule has 2 N–H and O–H groups in total. The van der Waals surface area contributed by atoms with Gasteiger partial charge in [0.15, 0.2) is 0 Å². The average molecular weight is 275 g/mol. The summed E-state index contributed by atoms with van der Waals surface area (Å²) in [5, 5.41) is 0. The van der Waals surface area contributed by atoms with Crippen molar-refractivity contribution in [2.45, 2.75) is 11.3 Å². The predicted molar refractivity (Wildman–Crippen MR) is 69.4 cm³/mol. The first-order valence-corrected chi connectivity index (χ1v) is 6.96. The van der Waals surface area contributed by atoms with Crippen LogP contribution in [0.15, 0.2) is 23.1 Å². The zero-order valence-corrected chi connectivity index (χ0v) is 11.2. The fraction of sp³-hybridized carbons (Fsp3) is 0.500. The number of hydrogen-bond donors (Lipinski definition) is 1. The van der Waals surface area contributed by atoms with Gasteiger partial charge in [-0.15, -0.1) is 0 Å². The molecule has 0 aliphatic carbocycles. The Kier molecular flexibility index (Phi) is 6.85. The normalized spacial score (nSPS) is 12.6. The van der Waals surface area contributed by atoms with Gasteiger partial charge in [0.05, 0.1) is 24.0 Å². The first-order chi connectivity index (χ1) is 8.63. The van der Waals surface area contributed by atoms with Crippen molar-refractivity contribution in [1.82, 2.24) is 0 Å². The number of nitrogens with two attached hydrogens (primary N) is 1. The number of methoxy groups -OCH3 is 1. The highest BCUT2D eigenvalue weighted by molar-refractivity contribution is 7.85. The van der Waals surface area contributed by atoms with Crippen LogP contribution in [0, 0.1) is 5.82 Å². The monoisotopic (exact) mass is 275 g/mol. The molecule has 0 heterocycles. The third-order valence-corrected chi connectivity index (χ3v) is 3.63. The number of rotatable bonds is 8. The van der Waals surface area contributed by atoms with E-state index in [-0.39, 0.29) is 5.69 Å². The van der Waals surface area contributed by atoms with Crippen molar-refractivity contribution >= 4 is 16.5 Å². The van der Waals surface area contributed by atoms with Gasteiger partial charge >= 0.3 is 0 Å². The highest BCUT2D eigenvalue weighted by Crippen LogP contribution is 2.15. The molecule has 0 aliphatic heterocycles. The molecular weight excluding hydrogens is 257 g/mol. The standard InChI is InChI=1S/C12H18FNO3S/c1-16-4-5-17-3-2-6-18(15)12-8-10(13)7-11(14)9-12/h7-9H,2-6,14H2,1H3. The minimum Gasteiger partial charge on any atom is -0.399 e. The van der Waals surface area contributed by atoms with Crippen LogP contribution in [-0.2, 0) is 20.3 Å². The number of nitrogen functional groups attached to an aromatic ring is 1. The molecule has 1 aromatic carbocycles. The van der Waals surface area contributed by atoms with Gasteiger partial charge in [0, 0.05) is 30.1 Å². The summed E-state index contributed by atoms with van der Waals surface area (Å²) in [5.41, 5.74) is 5.78. The summed E-state index contributed by atoms with van der Waals surface area (Å²) in [7, 11) is 0.362.